The molecule has 0 atom stereocenters. The molecule has 0 saturated carbocycles. The molecule has 0 bridgehead atoms. The molecule has 1 aliphatic rings. The van der Waals surface area contributed by atoms with Gasteiger partial charge in [-0.3, -0.25) is 0 Å². The molecule has 0 N–H and O–H groups in total. The molecular weight excluding hydrogens is 380 g/mol. The summed E-state index contributed by atoms with van der Waals surface area (Å²) in [7, 11) is 0. The van der Waals surface area contributed by atoms with Gasteiger partial charge in [0.05, 0.1) is 5.41 Å². The second kappa shape index (κ2) is 7.41. The van der Waals surface area contributed by atoms with E-state index >= 15 is 0 Å². The first-order chi connectivity index (χ1) is 15.1. The molecule has 0 fully saturated rings. The molecule has 1 aliphatic carbocycles. The molecule has 31 heavy (non-hydrogen) atoms. The summed E-state index contributed by atoms with van der Waals surface area (Å²) in [5.74, 6) is 0.0987. The average Bonchev–Trinajstić information content (AvgIpc) is 3.11. The third-order valence-corrected chi connectivity index (χ3v) is 6.01. The fourth-order valence-corrected chi connectivity index (χ4v) is 4.68. The number of esters is 1. The molecule has 4 aromatic rings. The van der Waals surface area contributed by atoms with Crippen LogP contribution in [0.2, 0.25) is 0 Å². The summed E-state index contributed by atoms with van der Waals surface area (Å²) in [6.07, 6.45) is 0. The van der Waals surface area contributed by atoms with Crippen molar-refractivity contribution in [3.63, 3.8) is 0 Å². The summed E-state index contributed by atoms with van der Waals surface area (Å²) in [4.78, 5) is 11.9. The Labute approximate surface area is 182 Å². The van der Waals surface area contributed by atoms with E-state index in [0.717, 1.165) is 5.56 Å². The molecule has 4 aromatic carbocycles. The molecule has 0 aromatic heterocycles. The van der Waals surface area contributed by atoms with Crippen LogP contribution in [0.1, 0.15) is 29.2 Å². The summed E-state index contributed by atoms with van der Waals surface area (Å²) in [5.41, 5.74) is 7.29. The van der Waals surface area contributed by atoms with Crippen LogP contribution in [0.3, 0.4) is 0 Å². The van der Waals surface area contributed by atoms with E-state index in [9.17, 15) is 4.79 Å². The molecule has 2 heteroatoms. The van der Waals surface area contributed by atoms with Gasteiger partial charge in [-0.05, 0) is 52.4 Å². The van der Waals surface area contributed by atoms with Gasteiger partial charge in [0.25, 0.3) is 0 Å². The van der Waals surface area contributed by atoms with Gasteiger partial charge in [-0.25, -0.2) is 4.79 Å². The number of carbonyl (C=O) groups is 1. The van der Waals surface area contributed by atoms with Crippen molar-refractivity contribution in [1.82, 2.24) is 0 Å². The first kappa shape index (κ1) is 19.1. The molecule has 5 rings (SSSR count). The van der Waals surface area contributed by atoms with E-state index in [1.165, 1.54) is 27.8 Å². The number of carbonyl (C=O) groups excluding carboxylic acids is 1. The first-order valence-electron chi connectivity index (χ1n) is 10.4. The van der Waals surface area contributed by atoms with Crippen LogP contribution >= 0.6 is 0 Å². The first-order valence-corrected chi connectivity index (χ1v) is 10.4. The minimum atomic E-state index is -0.439. The summed E-state index contributed by atoms with van der Waals surface area (Å²) in [6, 6.07) is 35.7. The number of fused-ring (bicyclic) bond motifs is 3. The predicted molar refractivity (Wildman–Crippen MR) is 124 cm³/mol. The van der Waals surface area contributed by atoms with Crippen molar-refractivity contribution in [2.45, 2.75) is 12.3 Å². The van der Waals surface area contributed by atoms with E-state index < -0.39 is 11.4 Å². The van der Waals surface area contributed by atoms with E-state index in [4.69, 9.17) is 4.74 Å². The fourth-order valence-electron chi connectivity index (χ4n) is 4.68. The Bertz CT molecular complexity index is 1240. The second-order valence-corrected chi connectivity index (χ2v) is 7.90. The van der Waals surface area contributed by atoms with Crippen molar-refractivity contribution in [1.29, 1.82) is 0 Å². The Morgan fingerprint density at radius 3 is 1.71 bits per heavy atom. The minimum Gasteiger partial charge on any atom is -0.423 e. The number of ether oxygens (including phenoxy) is 1. The molecule has 0 saturated heterocycles. The smallest absolute Gasteiger partial charge is 0.338 e. The van der Waals surface area contributed by atoms with Crippen LogP contribution in [0, 0.1) is 0 Å². The number of rotatable bonds is 4. The summed E-state index contributed by atoms with van der Waals surface area (Å²) < 4.78 is 5.43. The molecule has 0 heterocycles. The molecular formula is C29H22O2. The van der Waals surface area contributed by atoms with Crippen molar-refractivity contribution >= 4 is 5.97 Å². The Morgan fingerprint density at radius 1 is 0.677 bits per heavy atom. The molecule has 0 aliphatic heterocycles. The Balaban J connectivity index is 1.76. The SMILES string of the molecule is C=C(C)C(=O)Oc1ccc(C2(c3ccccc3)c3ccccc3-c3ccccc32)cc1. The minimum absolute atomic E-state index is 0.378. The zero-order chi connectivity index (χ0) is 21.4. The van der Waals surface area contributed by atoms with Gasteiger partial charge in [-0.15, -0.1) is 0 Å². The molecule has 0 spiro atoms. The lowest BCUT2D eigenvalue weighted by Gasteiger charge is -2.33. The van der Waals surface area contributed by atoms with Gasteiger partial charge in [-0.1, -0.05) is 97.6 Å². The van der Waals surface area contributed by atoms with Crippen molar-refractivity contribution in [3.8, 4) is 16.9 Å². The Kier molecular flexibility index (Phi) is 4.56. The number of hydrogen-bond acceptors (Lipinski definition) is 2. The van der Waals surface area contributed by atoms with Gasteiger partial charge < -0.3 is 4.74 Å². The van der Waals surface area contributed by atoms with E-state index in [1.807, 2.05) is 18.2 Å². The van der Waals surface area contributed by atoms with E-state index in [-0.39, 0.29) is 0 Å². The highest BCUT2D eigenvalue weighted by atomic mass is 16.5. The van der Waals surface area contributed by atoms with Crippen molar-refractivity contribution < 1.29 is 9.53 Å². The lowest BCUT2D eigenvalue weighted by atomic mass is 9.68. The van der Waals surface area contributed by atoms with Gasteiger partial charge >= 0.3 is 5.97 Å². The highest BCUT2D eigenvalue weighted by Crippen LogP contribution is 2.55. The lowest BCUT2D eigenvalue weighted by Crippen LogP contribution is -2.28. The van der Waals surface area contributed by atoms with Crippen LogP contribution in [-0.2, 0) is 10.2 Å². The van der Waals surface area contributed by atoms with Crippen LogP contribution in [-0.4, -0.2) is 5.97 Å². The van der Waals surface area contributed by atoms with Crippen molar-refractivity contribution in [2.75, 3.05) is 0 Å². The molecule has 0 unspecified atom stereocenters. The van der Waals surface area contributed by atoms with Gasteiger partial charge in [0.2, 0.25) is 0 Å². The Morgan fingerprint density at radius 2 is 1.16 bits per heavy atom. The van der Waals surface area contributed by atoms with E-state index in [2.05, 4.69) is 91.5 Å². The normalized spacial score (nSPS) is 13.2. The van der Waals surface area contributed by atoms with Gasteiger partial charge in [0.15, 0.2) is 0 Å². The summed E-state index contributed by atoms with van der Waals surface area (Å²) in [5, 5.41) is 0. The molecule has 0 radical (unpaired) electrons. The van der Waals surface area contributed by atoms with E-state index in [1.54, 1.807) is 6.92 Å². The monoisotopic (exact) mass is 402 g/mol. The molecule has 150 valence electrons. The maximum atomic E-state index is 11.9. The number of benzene rings is 4. The highest BCUT2D eigenvalue weighted by molar-refractivity contribution is 5.89. The maximum absolute atomic E-state index is 11.9. The van der Waals surface area contributed by atoms with Crippen LogP contribution in [0.25, 0.3) is 11.1 Å². The summed E-state index contributed by atoms with van der Waals surface area (Å²) >= 11 is 0. The second-order valence-electron chi connectivity index (χ2n) is 7.90. The third kappa shape index (κ3) is 2.91. The van der Waals surface area contributed by atoms with Crippen molar-refractivity contribution in [3.05, 3.63) is 138 Å². The van der Waals surface area contributed by atoms with Crippen LogP contribution in [0.4, 0.5) is 0 Å². The van der Waals surface area contributed by atoms with Gasteiger partial charge in [-0.2, -0.15) is 0 Å². The number of hydrogen-bond donors (Lipinski definition) is 0. The lowest BCUT2D eigenvalue weighted by molar-refractivity contribution is -0.130. The third-order valence-electron chi connectivity index (χ3n) is 6.01. The quantitative estimate of drug-likeness (QED) is 0.194. The largest absolute Gasteiger partial charge is 0.423 e. The topological polar surface area (TPSA) is 26.3 Å². The zero-order valence-electron chi connectivity index (χ0n) is 17.3. The Hall–Kier alpha value is -3.91. The average molecular weight is 402 g/mol. The zero-order valence-corrected chi connectivity index (χ0v) is 17.3. The van der Waals surface area contributed by atoms with Crippen molar-refractivity contribution in [2.24, 2.45) is 0 Å². The van der Waals surface area contributed by atoms with Crippen LogP contribution in [0.15, 0.2) is 115 Å². The van der Waals surface area contributed by atoms with Gasteiger partial charge in [0, 0.05) is 5.57 Å². The predicted octanol–water partition coefficient (Wildman–Crippen LogP) is 6.53. The van der Waals surface area contributed by atoms with Crippen LogP contribution < -0.4 is 4.74 Å². The van der Waals surface area contributed by atoms with Crippen LogP contribution in [0.5, 0.6) is 5.75 Å². The molecule has 2 nitrogen and oxygen atoms in total. The standard InChI is InChI=1S/C29H22O2/c1-20(2)28(30)31-23-18-16-22(17-19-23)29(21-10-4-3-5-11-21)26-14-8-6-12-24(26)25-13-7-9-15-27(25)29/h3-19H,1H2,2H3. The molecule has 0 amide bonds. The maximum Gasteiger partial charge on any atom is 0.338 e. The van der Waals surface area contributed by atoms with Gasteiger partial charge in [0.1, 0.15) is 5.75 Å². The summed E-state index contributed by atoms with van der Waals surface area (Å²) in [6.45, 7) is 5.30. The highest BCUT2D eigenvalue weighted by Gasteiger charge is 2.45. The fraction of sp³-hybridized carbons (Fsp3) is 0.0690. The van der Waals surface area contributed by atoms with E-state index in [0.29, 0.717) is 11.3 Å².